The van der Waals surface area contributed by atoms with Crippen molar-refractivity contribution in [3.63, 3.8) is 0 Å². The van der Waals surface area contributed by atoms with E-state index in [9.17, 15) is 67.0 Å². The third-order valence-corrected chi connectivity index (χ3v) is 6.12. The standard InChI is InChI=1S/C24H18F13N3O3/c1-10-4-11(2-3-13(10)19(42)38-8-17(41)39-9-21(26,27)28)16-7-20(43-40-16,24(35,36)37)14-5-12(22(29,30)31)6-15(18(14)25)23(32,33)34/h2-6,17,39,41H,7-9H2,1H3,(H,38,42). The second kappa shape index (κ2) is 11.5. The lowest BCUT2D eigenvalue weighted by Crippen LogP contribution is -2.44. The van der Waals surface area contributed by atoms with Crippen LogP contribution in [0, 0.1) is 12.7 Å². The van der Waals surface area contributed by atoms with Crippen molar-refractivity contribution >= 4 is 11.6 Å². The molecule has 2 aromatic carbocycles. The van der Waals surface area contributed by atoms with Crippen LogP contribution in [-0.2, 0) is 22.8 Å². The molecule has 0 fully saturated rings. The molecule has 0 spiro atoms. The van der Waals surface area contributed by atoms with Crippen molar-refractivity contribution in [2.75, 3.05) is 13.1 Å². The van der Waals surface area contributed by atoms with Gasteiger partial charge in [-0.3, -0.25) is 10.1 Å². The lowest BCUT2D eigenvalue weighted by atomic mass is 9.84. The maximum Gasteiger partial charge on any atom is 0.435 e. The number of carbonyl (C=O) groups excluding carboxylic acids is 1. The summed E-state index contributed by atoms with van der Waals surface area (Å²) in [4.78, 5) is 16.8. The minimum absolute atomic E-state index is 0.0181. The van der Waals surface area contributed by atoms with Crippen LogP contribution in [0.3, 0.4) is 0 Å². The first kappa shape index (κ1) is 33.9. The molecule has 3 rings (SSSR count). The molecule has 43 heavy (non-hydrogen) atoms. The van der Waals surface area contributed by atoms with Crippen molar-refractivity contribution < 1.29 is 71.8 Å². The molecular weight excluding hydrogens is 625 g/mol. The smallest absolute Gasteiger partial charge is 0.377 e. The van der Waals surface area contributed by atoms with Gasteiger partial charge in [-0.15, -0.1) is 0 Å². The molecule has 0 aromatic heterocycles. The van der Waals surface area contributed by atoms with E-state index in [0.29, 0.717) is 0 Å². The molecular formula is C24H18F13N3O3. The average molecular weight is 643 g/mol. The van der Waals surface area contributed by atoms with Crippen LogP contribution < -0.4 is 10.6 Å². The number of nitrogens with one attached hydrogen (secondary N) is 2. The highest BCUT2D eigenvalue weighted by Crippen LogP contribution is 2.52. The first-order valence-electron chi connectivity index (χ1n) is 11.6. The van der Waals surface area contributed by atoms with E-state index < -0.39 is 102 Å². The highest BCUT2D eigenvalue weighted by molar-refractivity contribution is 6.03. The van der Waals surface area contributed by atoms with Crippen LogP contribution in [0.25, 0.3) is 0 Å². The van der Waals surface area contributed by atoms with E-state index >= 15 is 0 Å². The zero-order chi connectivity index (χ0) is 32.8. The van der Waals surface area contributed by atoms with Crippen LogP contribution in [-0.4, -0.2) is 48.4 Å². The van der Waals surface area contributed by atoms with E-state index in [1.807, 2.05) is 0 Å². The molecule has 2 aromatic rings. The number of aryl methyl sites for hydroxylation is 1. The fourth-order valence-electron chi connectivity index (χ4n) is 4.01. The number of aliphatic hydroxyl groups excluding tert-OH is 1. The van der Waals surface area contributed by atoms with Crippen LogP contribution >= 0.6 is 0 Å². The molecule has 0 radical (unpaired) electrons. The number of carbonyl (C=O) groups is 1. The number of aliphatic hydroxyl groups is 1. The Morgan fingerprint density at radius 2 is 1.63 bits per heavy atom. The van der Waals surface area contributed by atoms with Gasteiger partial charge in [0, 0.05) is 11.1 Å². The van der Waals surface area contributed by atoms with Gasteiger partial charge in [0.15, 0.2) is 0 Å². The van der Waals surface area contributed by atoms with Crippen LogP contribution in [0.5, 0.6) is 0 Å². The summed E-state index contributed by atoms with van der Waals surface area (Å²) in [7, 11) is 0. The number of hydrogen-bond donors (Lipinski definition) is 3. The Balaban J connectivity index is 1.92. The van der Waals surface area contributed by atoms with E-state index in [2.05, 4.69) is 15.3 Å². The largest absolute Gasteiger partial charge is 0.435 e. The first-order chi connectivity index (χ1) is 19.5. The van der Waals surface area contributed by atoms with Crippen LogP contribution in [0.2, 0.25) is 0 Å². The van der Waals surface area contributed by atoms with Gasteiger partial charge in [-0.25, -0.2) is 4.39 Å². The summed E-state index contributed by atoms with van der Waals surface area (Å²) < 4.78 is 174. The Hall–Kier alpha value is -3.61. The summed E-state index contributed by atoms with van der Waals surface area (Å²) in [6, 6.07) is 1.94. The molecule has 1 aliphatic heterocycles. The second-order valence-electron chi connectivity index (χ2n) is 9.26. The van der Waals surface area contributed by atoms with Gasteiger partial charge in [-0.1, -0.05) is 11.2 Å². The highest BCUT2D eigenvalue weighted by Gasteiger charge is 2.64. The van der Waals surface area contributed by atoms with E-state index in [-0.39, 0.29) is 16.7 Å². The van der Waals surface area contributed by atoms with E-state index in [1.165, 1.54) is 6.92 Å². The van der Waals surface area contributed by atoms with Crippen molar-refractivity contribution in [2.24, 2.45) is 5.16 Å². The number of oxime groups is 1. The molecule has 2 unspecified atom stereocenters. The Morgan fingerprint density at radius 3 is 2.14 bits per heavy atom. The number of nitrogens with zero attached hydrogens (tertiary/aromatic N) is 1. The molecule has 0 saturated heterocycles. The van der Waals surface area contributed by atoms with Gasteiger partial charge >= 0.3 is 24.7 Å². The maximum absolute atomic E-state index is 14.9. The predicted molar refractivity (Wildman–Crippen MR) is 120 cm³/mol. The maximum atomic E-state index is 14.9. The molecule has 0 aliphatic carbocycles. The summed E-state index contributed by atoms with van der Waals surface area (Å²) >= 11 is 0. The first-order valence-corrected chi connectivity index (χ1v) is 11.6. The van der Waals surface area contributed by atoms with Gasteiger partial charge in [-0.2, -0.15) is 52.7 Å². The molecule has 19 heteroatoms. The predicted octanol–water partition coefficient (Wildman–Crippen LogP) is 5.95. The summed E-state index contributed by atoms with van der Waals surface area (Å²) in [5.74, 6) is -3.58. The quantitative estimate of drug-likeness (QED) is 0.257. The van der Waals surface area contributed by atoms with Crippen LogP contribution in [0.15, 0.2) is 35.5 Å². The lowest BCUT2D eigenvalue weighted by molar-refractivity contribution is -0.277. The van der Waals surface area contributed by atoms with Gasteiger partial charge < -0.3 is 15.3 Å². The average Bonchev–Trinajstić information content (AvgIpc) is 3.31. The second-order valence-corrected chi connectivity index (χ2v) is 9.26. The van der Waals surface area contributed by atoms with E-state index in [0.717, 1.165) is 18.2 Å². The molecule has 238 valence electrons. The molecule has 0 bridgehead atoms. The number of hydrogen-bond acceptors (Lipinski definition) is 5. The van der Waals surface area contributed by atoms with Crippen LogP contribution in [0.1, 0.15) is 44.6 Å². The van der Waals surface area contributed by atoms with E-state index in [1.54, 1.807) is 5.32 Å². The van der Waals surface area contributed by atoms with Crippen LogP contribution in [0.4, 0.5) is 57.1 Å². The summed E-state index contributed by atoms with van der Waals surface area (Å²) in [6.07, 6.45) is -25.2. The third kappa shape index (κ3) is 7.49. The Kier molecular flexibility index (Phi) is 9.04. The SMILES string of the molecule is Cc1cc(C2=NOC(c3cc(C(F)(F)F)cc(C(F)(F)F)c3F)(C(F)(F)F)C2)ccc1C(=O)NCC(O)NCC(F)(F)F. The van der Waals surface area contributed by atoms with Gasteiger partial charge in [0.05, 0.1) is 36.3 Å². The molecule has 1 aliphatic rings. The van der Waals surface area contributed by atoms with Crippen molar-refractivity contribution in [3.05, 3.63) is 69.5 Å². The van der Waals surface area contributed by atoms with Crippen molar-refractivity contribution in [3.8, 4) is 0 Å². The monoisotopic (exact) mass is 643 g/mol. The number of benzene rings is 2. The number of rotatable bonds is 7. The molecule has 0 saturated carbocycles. The van der Waals surface area contributed by atoms with Crippen molar-refractivity contribution in [1.29, 1.82) is 0 Å². The summed E-state index contributed by atoms with van der Waals surface area (Å²) in [5, 5.41) is 16.5. The van der Waals surface area contributed by atoms with Gasteiger partial charge in [0.2, 0.25) is 0 Å². The highest BCUT2D eigenvalue weighted by atomic mass is 19.4. The Bertz CT molecular complexity index is 1400. The molecule has 1 amide bonds. The summed E-state index contributed by atoms with van der Waals surface area (Å²) in [6.45, 7) is -0.997. The molecule has 1 heterocycles. The third-order valence-electron chi connectivity index (χ3n) is 6.12. The van der Waals surface area contributed by atoms with Gasteiger partial charge in [0.25, 0.3) is 11.5 Å². The molecule has 3 N–H and O–H groups in total. The van der Waals surface area contributed by atoms with E-state index in [4.69, 9.17) is 0 Å². The zero-order valence-electron chi connectivity index (χ0n) is 21.2. The molecule has 2 atom stereocenters. The minimum Gasteiger partial charge on any atom is -0.377 e. The fraction of sp³-hybridized carbons (Fsp3) is 0.417. The Morgan fingerprint density at radius 1 is 1.00 bits per heavy atom. The number of halogens is 13. The zero-order valence-corrected chi connectivity index (χ0v) is 21.2. The van der Waals surface area contributed by atoms with Gasteiger partial charge in [0.1, 0.15) is 12.0 Å². The lowest BCUT2D eigenvalue weighted by Gasteiger charge is -2.31. The van der Waals surface area contributed by atoms with Crippen molar-refractivity contribution in [1.82, 2.24) is 10.6 Å². The topological polar surface area (TPSA) is 83.0 Å². The number of amides is 1. The Labute approximate surface area is 232 Å². The number of alkyl halides is 12. The van der Waals surface area contributed by atoms with Gasteiger partial charge in [-0.05, 0) is 42.3 Å². The normalized spacial score (nSPS) is 18.7. The summed E-state index contributed by atoms with van der Waals surface area (Å²) in [5.41, 5.74) is -12.1. The fourth-order valence-corrected chi connectivity index (χ4v) is 4.01. The van der Waals surface area contributed by atoms with Crippen molar-refractivity contribution in [2.45, 2.75) is 49.9 Å². The molecule has 6 nitrogen and oxygen atoms in total. The minimum atomic E-state index is -5.81.